The highest BCUT2D eigenvalue weighted by atomic mass is 16.5. The minimum Gasteiger partial charge on any atom is -0.465 e. The third-order valence-electron chi connectivity index (χ3n) is 3.83. The Labute approximate surface area is 146 Å². The first kappa shape index (κ1) is 20.4. The fourth-order valence-corrected chi connectivity index (χ4v) is 2.13. The number of ether oxygens (including phenoxy) is 2. The van der Waals surface area contributed by atoms with Crippen LogP contribution in [-0.2, 0) is 20.8 Å². The van der Waals surface area contributed by atoms with Crippen LogP contribution in [0.25, 0.3) is 0 Å². The van der Waals surface area contributed by atoms with Crippen molar-refractivity contribution in [3.05, 3.63) is 48.0 Å². The molecule has 0 fully saturated rings. The van der Waals surface area contributed by atoms with Crippen LogP contribution in [-0.4, -0.2) is 31.8 Å². The van der Waals surface area contributed by atoms with Crippen LogP contribution in [0.3, 0.4) is 0 Å². The molecule has 0 aliphatic rings. The van der Waals surface area contributed by atoms with Crippen molar-refractivity contribution < 1.29 is 14.3 Å². The number of unbranched alkanes of at least 4 members (excludes halogenated alkanes) is 1. The van der Waals surface area contributed by atoms with Gasteiger partial charge in [-0.1, -0.05) is 55.8 Å². The maximum atomic E-state index is 12.3. The molecule has 0 radical (unpaired) electrons. The largest absolute Gasteiger partial charge is 0.465 e. The van der Waals surface area contributed by atoms with Crippen molar-refractivity contribution in [2.75, 3.05) is 13.7 Å². The van der Waals surface area contributed by atoms with Gasteiger partial charge in [0.15, 0.2) is 0 Å². The Bertz CT molecular complexity index is 473. The second kappa shape index (κ2) is 12.7. The maximum Gasteiger partial charge on any atom is 0.323 e. The molecule has 0 saturated heterocycles. The molecule has 1 rings (SSSR count). The summed E-state index contributed by atoms with van der Waals surface area (Å²) in [4.78, 5) is 12.3. The Morgan fingerprint density at radius 3 is 2.58 bits per heavy atom. The summed E-state index contributed by atoms with van der Waals surface area (Å²) in [5.74, 6) is -0.177. The SMILES string of the molecule is CCCCOC(=O)[C@H](C/C=C/C[C@H](C)OC)NCc1ccccc1. The van der Waals surface area contributed by atoms with E-state index in [4.69, 9.17) is 9.47 Å². The van der Waals surface area contributed by atoms with Crippen molar-refractivity contribution >= 4 is 5.97 Å². The van der Waals surface area contributed by atoms with Gasteiger partial charge >= 0.3 is 5.97 Å². The van der Waals surface area contributed by atoms with E-state index in [0.29, 0.717) is 19.6 Å². The molecule has 1 N–H and O–H groups in total. The number of esters is 1. The number of carbonyl (C=O) groups excluding carboxylic acids is 1. The highest BCUT2D eigenvalue weighted by Crippen LogP contribution is 2.05. The van der Waals surface area contributed by atoms with Crippen LogP contribution in [0.5, 0.6) is 0 Å². The lowest BCUT2D eigenvalue weighted by Crippen LogP contribution is -2.37. The van der Waals surface area contributed by atoms with Crippen molar-refractivity contribution in [3.63, 3.8) is 0 Å². The number of rotatable bonds is 12. The second-order valence-corrected chi connectivity index (χ2v) is 5.93. The first-order chi connectivity index (χ1) is 11.7. The predicted molar refractivity (Wildman–Crippen MR) is 97.8 cm³/mol. The Morgan fingerprint density at radius 1 is 1.21 bits per heavy atom. The molecule has 134 valence electrons. The van der Waals surface area contributed by atoms with E-state index in [1.165, 1.54) is 0 Å². The van der Waals surface area contributed by atoms with Gasteiger partial charge in [0.05, 0.1) is 12.7 Å². The molecule has 0 spiro atoms. The first-order valence-electron chi connectivity index (χ1n) is 8.79. The fraction of sp³-hybridized carbons (Fsp3) is 0.550. The zero-order chi connectivity index (χ0) is 17.6. The molecule has 0 amide bonds. The van der Waals surface area contributed by atoms with E-state index in [9.17, 15) is 4.79 Å². The molecule has 0 bridgehead atoms. The Morgan fingerprint density at radius 2 is 1.92 bits per heavy atom. The monoisotopic (exact) mass is 333 g/mol. The van der Waals surface area contributed by atoms with Gasteiger partial charge in [0, 0.05) is 13.7 Å². The van der Waals surface area contributed by atoms with E-state index in [1.807, 2.05) is 43.3 Å². The summed E-state index contributed by atoms with van der Waals surface area (Å²) < 4.78 is 10.6. The molecule has 0 aromatic heterocycles. The molecule has 24 heavy (non-hydrogen) atoms. The zero-order valence-corrected chi connectivity index (χ0v) is 15.2. The van der Waals surface area contributed by atoms with Gasteiger partial charge in [-0.05, 0) is 31.7 Å². The van der Waals surface area contributed by atoms with Gasteiger partial charge in [-0.15, -0.1) is 0 Å². The van der Waals surface area contributed by atoms with Gasteiger partial charge in [-0.3, -0.25) is 4.79 Å². The normalized spacial score (nSPS) is 13.8. The van der Waals surface area contributed by atoms with Crippen LogP contribution >= 0.6 is 0 Å². The van der Waals surface area contributed by atoms with E-state index >= 15 is 0 Å². The number of benzene rings is 1. The quantitative estimate of drug-likeness (QED) is 0.358. The minimum absolute atomic E-state index is 0.177. The van der Waals surface area contributed by atoms with E-state index in [2.05, 4.69) is 18.3 Å². The van der Waals surface area contributed by atoms with Gasteiger partial charge in [0.1, 0.15) is 6.04 Å². The number of methoxy groups -OCH3 is 1. The Balaban J connectivity index is 2.52. The topological polar surface area (TPSA) is 47.6 Å². The molecule has 1 aromatic carbocycles. The molecule has 4 nitrogen and oxygen atoms in total. The van der Waals surface area contributed by atoms with Crippen LogP contribution in [0.2, 0.25) is 0 Å². The lowest BCUT2D eigenvalue weighted by molar-refractivity contribution is -0.146. The molecule has 2 atom stereocenters. The van der Waals surface area contributed by atoms with Crippen molar-refractivity contribution in [2.24, 2.45) is 0 Å². The molecule has 0 aliphatic carbocycles. The van der Waals surface area contributed by atoms with E-state index in [1.54, 1.807) is 7.11 Å². The molecule has 0 unspecified atom stereocenters. The first-order valence-corrected chi connectivity index (χ1v) is 8.79. The summed E-state index contributed by atoms with van der Waals surface area (Å²) in [7, 11) is 1.70. The van der Waals surface area contributed by atoms with Crippen LogP contribution in [0.1, 0.15) is 45.1 Å². The standard InChI is InChI=1S/C20H31NO3/c1-4-5-15-24-20(22)19(14-10-9-11-17(2)23-3)21-16-18-12-7-6-8-13-18/h6-10,12-13,17,19,21H,4-5,11,14-16H2,1-3H3/b10-9+/t17-,19-/m0/s1. The molecular formula is C20H31NO3. The van der Waals surface area contributed by atoms with Crippen LogP contribution in [0.15, 0.2) is 42.5 Å². The molecule has 0 aliphatic heterocycles. The Hall–Kier alpha value is -1.65. The van der Waals surface area contributed by atoms with Crippen molar-refractivity contribution in [2.45, 2.75) is 58.2 Å². The van der Waals surface area contributed by atoms with Gasteiger partial charge < -0.3 is 14.8 Å². The summed E-state index contributed by atoms with van der Waals surface area (Å²) >= 11 is 0. The number of hydrogen-bond acceptors (Lipinski definition) is 4. The second-order valence-electron chi connectivity index (χ2n) is 5.93. The fourth-order valence-electron chi connectivity index (χ4n) is 2.13. The predicted octanol–water partition coefficient (Wildman–Crippen LogP) is 3.86. The number of nitrogens with one attached hydrogen (secondary N) is 1. The summed E-state index contributed by atoms with van der Waals surface area (Å²) in [5, 5.41) is 3.31. The van der Waals surface area contributed by atoms with E-state index in [-0.39, 0.29) is 18.1 Å². The third kappa shape index (κ3) is 8.85. The van der Waals surface area contributed by atoms with Gasteiger partial charge in [-0.2, -0.15) is 0 Å². The molecule has 1 aromatic rings. The summed E-state index contributed by atoms with van der Waals surface area (Å²) in [6.07, 6.45) is 7.65. The third-order valence-corrected chi connectivity index (χ3v) is 3.83. The number of carbonyl (C=O) groups is 1. The van der Waals surface area contributed by atoms with E-state index in [0.717, 1.165) is 24.8 Å². The Kier molecular flexibility index (Phi) is 10.8. The van der Waals surface area contributed by atoms with Crippen LogP contribution < -0.4 is 5.32 Å². The summed E-state index contributed by atoms with van der Waals surface area (Å²) in [5.41, 5.74) is 1.15. The lowest BCUT2D eigenvalue weighted by atomic mass is 10.1. The van der Waals surface area contributed by atoms with Crippen molar-refractivity contribution in [1.82, 2.24) is 5.32 Å². The molecule has 0 heterocycles. The van der Waals surface area contributed by atoms with Crippen LogP contribution in [0, 0.1) is 0 Å². The average Bonchev–Trinajstić information content (AvgIpc) is 2.61. The van der Waals surface area contributed by atoms with Gasteiger partial charge in [-0.25, -0.2) is 0 Å². The summed E-state index contributed by atoms with van der Waals surface area (Å²) in [6, 6.07) is 9.75. The smallest absolute Gasteiger partial charge is 0.323 e. The van der Waals surface area contributed by atoms with E-state index < -0.39 is 0 Å². The van der Waals surface area contributed by atoms with Crippen molar-refractivity contribution in [3.8, 4) is 0 Å². The lowest BCUT2D eigenvalue weighted by Gasteiger charge is -2.16. The van der Waals surface area contributed by atoms with Gasteiger partial charge in [0.2, 0.25) is 0 Å². The van der Waals surface area contributed by atoms with Crippen molar-refractivity contribution in [1.29, 1.82) is 0 Å². The number of hydrogen-bond donors (Lipinski definition) is 1. The molecule has 4 heteroatoms. The van der Waals surface area contributed by atoms with Crippen LogP contribution in [0.4, 0.5) is 0 Å². The average molecular weight is 333 g/mol. The maximum absolute atomic E-state index is 12.3. The highest BCUT2D eigenvalue weighted by Gasteiger charge is 2.18. The zero-order valence-electron chi connectivity index (χ0n) is 15.2. The summed E-state index contributed by atoms with van der Waals surface area (Å²) in [6.45, 7) is 5.24. The molecule has 0 saturated carbocycles. The minimum atomic E-state index is -0.323. The van der Waals surface area contributed by atoms with Gasteiger partial charge in [0.25, 0.3) is 0 Å². The highest BCUT2D eigenvalue weighted by molar-refractivity contribution is 5.76. The molecular weight excluding hydrogens is 302 g/mol.